The number of nitrogens with zero attached hydrogens (tertiary/aromatic N) is 2. The fourth-order valence-corrected chi connectivity index (χ4v) is 6.53. The minimum atomic E-state index is -0.864. The highest BCUT2D eigenvalue weighted by molar-refractivity contribution is 7.08. The average Bonchev–Trinajstić information content (AvgIpc) is 3.47. The zero-order valence-corrected chi connectivity index (χ0v) is 27.8. The van der Waals surface area contributed by atoms with Crippen molar-refractivity contribution in [2.45, 2.75) is 64.7 Å². The third-order valence-corrected chi connectivity index (χ3v) is 9.19. The topological polar surface area (TPSA) is 117 Å². The molecule has 0 unspecified atom stereocenters. The highest BCUT2D eigenvalue weighted by Gasteiger charge is 2.22. The summed E-state index contributed by atoms with van der Waals surface area (Å²) in [6.45, 7) is 6.10. The fraction of sp³-hybridized carbons (Fsp3) is 0.472. The number of aliphatic carboxylic acids is 2. The molecule has 0 spiro atoms. The Morgan fingerprint density at radius 2 is 1.57 bits per heavy atom. The van der Waals surface area contributed by atoms with Gasteiger partial charge in [-0.1, -0.05) is 25.0 Å². The molecular formula is C36H46N2O7S. The maximum absolute atomic E-state index is 13.4. The number of rotatable bonds is 18. The molecule has 1 aromatic heterocycles. The maximum Gasteiger partial charge on any atom is 0.303 e. The quantitative estimate of drug-likeness (QED) is 0.149. The molecule has 0 radical (unpaired) electrons. The number of amides is 1. The smallest absolute Gasteiger partial charge is 0.303 e. The Bertz CT molecular complexity index is 1460. The first-order valence-corrected chi connectivity index (χ1v) is 17.1. The van der Waals surface area contributed by atoms with Gasteiger partial charge in [-0.3, -0.25) is 14.4 Å². The van der Waals surface area contributed by atoms with Crippen molar-refractivity contribution in [1.29, 1.82) is 0 Å². The van der Waals surface area contributed by atoms with Gasteiger partial charge in [0, 0.05) is 44.6 Å². The summed E-state index contributed by atoms with van der Waals surface area (Å²) in [6.07, 6.45) is 5.41. The molecule has 0 bridgehead atoms. The van der Waals surface area contributed by atoms with Gasteiger partial charge in [0.2, 0.25) is 0 Å². The summed E-state index contributed by atoms with van der Waals surface area (Å²) in [5.74, 6) is -0.327. The lowest BCUT2D eigenvalue weighted by atomic mass is 9.97. The summed E-state index contributed by atoms with van der Waals surface area (Å²) >= 11 is 1.65. The highest BCUT2D eigenvalue weighted by atomic mass is 32.1. The third-order valence-electron chi connectivity index (χ3n) is 8.33. The van der Waals surface area contributed by atoms with Gasteiger partial charge in [0.15, 0.2) is 0 Å². The van der Waals surface area contributed by atoms with E-state index in [1.54, 1.807) is 11.3 Å². The highest BCUT2D eigenvalue weighted by Crippen LogP contribution is 2.32. The molecule has 3 aromatic rings. The van der Waals surface area contributed by atoms with Crippen LogP contribution in [-0.4, -0.2) is 84.3 Å². The number of thiophene rings is 1. The minimum Gasteiger partial charge on any atom is -0.494 e. The summed E-state index contributed by atoms with van der Waals surface area (Å²) < 4.78 is 12.1. The van der Waals surface area contributed by atoms with Crippen molar-refractivity contribution in [1.82, 2.24) is 9.80 Å². The van der Waals surface area contributed by atoms with Gasteiger partial charge < -0.3 is 29.5 Å². The predicted molar refractivity (Wildman–Crippen MR) is 180 cm³/mol. The van der Waals surface area contributed by atoms with Crippen LogP contribution in [0.2, 0.25) is 0 Å². The van der Waals surface area contributed by atoms with Gasteiger partial charge in [0.1, 0.15) is 11.5 Å². The molecule has 0 saturated carbocycles. The summed E-state index contributed by atoms with van der Waals surface area (Å²) in [6, 6.07) is 11.7. The number of hydrogen-bond donors (Lipinski definition) is 2. The Balaban J connectivity index is 1.30. The van der Waals surface area contributed by atoms with Crippen LogP contribution in [-0.2, 0) is 22.4 Å². The number of piperazine rings is 1. The van der Waals surface area contributed by atoms with Crippen LogP contribution >= 0.6 is 11.3 Å². The molecule has 1 saturated heterocycles. The first-order chi connectivity index (χ1) is 22.2. The Morgan fingerprint density at radius 3 is 2.28 bits per heavy atom. The van der Waals surface area contributed by atoms with Crippen molar-refractivity contribution in [3.63, 3.8) is 0 Å². The van der Waals surface area contributed by atoms with Crippen molar-refractivity contribution >= 4 is 29.2 Å². The second kappa shape index (κ2) is 17.7. The van der Waals surface area contributed by atoms with E-state index in [-0.39, 0.29) is 25.4 Å². The normalized spacial score (nSPS) is 13.5. The zero-order valence-electron chi connectivity index (χ0n) is 27.0. The summed E-state index contributed by atoms with van der Waals surface area (Å²) in [5.41, 5.74) is 5.94. The molecule has 1 aliphatic heterocycles. The molecule has 2 aromatic carbocycles. The van der Waals surface area contributed by atoms with Gasteiger partial charge in [0.05, 0.1) is 13.2 Å². The van der Waals surface area contributed by atoms with Crippen LogP contribution in [0.1, 0.15) is 72.0 Å². The molecule has 0 atom stereocenters. The number of benzene rings is 2. The van der Waals surface area contributed by atoms with E-state index in [2.05, 4.69) is 29.6 Å². The average molecular weight is 651 g/mol. The second-order valence-electron chi connectivity index (χ2n) is 12.0. The fourth-order valence-electron chi connectivity index (χ4n) is 5.67. The zero-order chi connectivity index (χ0) is 32.9. The monoisotopic (exact) mass is 650 g/mol. The van der Waals surface area contributed by atoms with Crippen LogP contribution in [0.15, 0.2) is 47.2 Å². The molecule has 2 heterocycles. The van der Waals surface area contributed by atoms with Gasteiger partial charge >= 0.3 is 11.9 Å². The first kappa shape index (κ1) is 35.0. The molecule has 1 aliphatic rings. The van der Waals surface area contributed by atoms with E-state index in [0.717, 1.165) is 80.5 Å². The van der Waals surface area contributed by atoms with E-state index in [1.807, 2.05) is 41.3 Å². The van der Waals surface area contributed by atoms with E-state index >= 15 is 0 Å². The number of ether oxygens (including phenoxy) is 2. The van der Waals surface area contributed by atoms with Gasteiger partial charge in [-0.25, -0.2) is 0 Å². The number of likely N-dealkylation sites (N-methyl/N-ethyl adjacent to an activating group) is 1. The molecule has 248 valence electrons. The minimum absolute atomic E-state index is 0.00963. The van der Waals surface area contributed by atoms with E-state index in [9.17, 15) is 19.5 Å². The lowest BCUT2D eigenvalue weighted by Crippen LogP contribution is -2.47. The number of carbonyl (C=O) groups is 3. The van der Waals surface area contributed by atoms with Crippen LogP contribution in [0.5, 0.6) is 11.5 Å². The summed E-state index contributed by atoms with van der Waals surface area (Å²) in [5, 5.41) is 22.4. The number of aryl methyl sites for hydroxylation is 2. The van der Waals surface area contributed by atoms with Gasteiger partial charge in [0.25, 0.3) is 5.91 Å². The molecule has 1 fully saturated rings. The number of carboxylic acids is 2. The standard InChI is InChI=1S/C36H46N2O7S/c1-26-24-46-25-32(26)28-21-29(36(43)38-17-15-37(2)16-18-38)23-30(22-28)44-19-6-4-3-5-9-27-10-7-11-33(31(27)13-14-35(41)42)45-20-8-12-34(39)40/h7,10-11,21-25H,3-6,8-9,12-20H2,1-2H3,(H,39,40)(H,41,42). The second-order valence-corrected chi connectivity index (χ2v) is 12.7. The van der Waals surface area contributed by atoms with Crippen LogP contribution < -0.4 is 9.47 Å². The van der Waals surface area contributed by atoms with Crippen LogP contribution in [0.4, 0.5) is 0 Å². The molecule has 1 amide bonds. The Kier molecular flexibility index (Phi) is 13.5. The number of carboxylic acid groups (broad SMARTS) is 2. The van der Waals surface area contributed by atoms with Crippen molar-refractivity contribution in [3.05, 3.63) is 69.4 Å². The van der Waals surface area contributed by atoms with Crippen LogP contribution in [0.25, 0.3) is 11.1 Å². The predicted octanol–water partition coefficient (Wildman–Crippen LogP) is 6.55. The van der Waals surface area contributed by atoms with E-state index < -0.39 is 11.9 Å². The van der Waals surface area contributed by atoms with Crippen molar-refractivity contribution in [3.8, 4) is 22.6 Å². The lowest BCUT2D eigenvalue weighted by molar-refractivity contribution is -0.138. The number of hydrogen-bond acceptors (Lipinski definition) is 7. The van der Waals surface area contributed by atoms with Crippen LogP contribution in [0, 0.1) is 6.92 Å². The Labute approximate surface area is 275 Å². The molecule has 4 rings (SSSR count). The van der Waals surface area contributed by atoms with Crippen LogP contribution in [0.3, 0.4) is 0 Å². The molecule has 46 heavy (non-hydrogen) atoms. The largest absolute Gasteiger partial charge is 0.494 e. The number of carbonyl (C=O) groups excluding carboxylic acids is 1. The first-order valence-electron chi connectivity index (χ1n) is 16.2. The maximum atomic E-state index is 13.4. The third kappa shape index (κ3) is 10.6. The molecule has 2 N–H and O–H groups in total. The van der Waals surface area contributed by atoms with Gasteiger partial charge in [-0.15, -0.1) is 0 Å². The van der Waals surface area contributed by atoms with Gasteiger partial charge in [-0.05, 0) is 109 Å². The summed E-state index contributed by atoms with van der Waals surface area (Å²) in [4.78, 5) is 39.7. The Hall–Kier alpha value is -3.89. The van der Waals surface area contributed by atoms with E-state index in [4.69, 9.17) is 14.6 Å². The van der Waals surface area contributed by atoms with E-state index in [0.29, 0.717) is 36.5 Å². The lowest BCUT2D eigenvalue weighted by Gasteiger charge is -2.32. The molecule has 10 heteroatoms. The number of unbranched alkanes of at least 4 members (excludes halogenated alkanes) is 3. The molecule has 9 nitrogen and oxygen atoms in total. The summed E-state index contributed by atoms with van der Waals surface area (Å²) in [7, 11) is 2.08. The molecule has 0 aliphatic carbocycles. The van der Waals surface area contributed by atoms with Crippen molar-refractivity contribution < 1.29 is 34.1 Å². The van der Waals surface area contributed by atoms with Crippen molar-refractivity contribution in [2.24, 2.45) is 0 Å². The van der Waals surface area contributed by atoms with Crippen molar-refractivity contribution in [2.75, 3.05) is 46.4 Å². The van der Waals surface area contributed by atoms with E-state index in [1.165, 1.54) is 5.56 Å². The Morgan fingerprint density at radius 1 is 0.826 bits per heavy atom. The van der Waals surface area contributed by atoms with Gasteiger partial charge in [-0.2, -0.15) is 11.3 Å². The molecular weight excluding hydrogens is 604 g/mol. The SMILES string of the molecule is Cc1cscc1-c1cc(OCCCCCCc2cccc(OCCCC(=O)O)c2CCC(=O)O)cc(C(=O)N2CCN(C)CC2)c1.